The van der Waals surface area contributed by atoms with E-state index in [0.717, 1.165) is 19.9 Å². The highest BCUT2D eigenvalue weighted by molar-refractivity contribution is 9.10. The fourth-order valence-corrected chi connectivity index (χ4v) is 7.11. The van der Waals surface area contributed by atoms with Crippen molar-refractivity contribution in [1.29, 1.82) is 0 Å². The number of sulfonamides is 1. The first-order chi connectivity index (χ1) is 23.2. The van der Waals surface area contributed by atoms with Crippen molar-refractivity contribution in [3.8, 4) is 11.5 Å². The molecule has 0 heterocycles. The number of carbonyl (C=O) groups excluding carboxylic acids is 2. The molecule has 0 radical (unpaired) electrons. The minimum atomic E-state index is -4.21. The molecule has 8 nitrogen and oxygen atoms in total. The summed E-state index contributed by atoms with van der Waals surface area (Å²) in [4.78, 5) is 29.7. The molecule has 2 amide bonds. The molecule has 0 saturated heterocycles. The lowest BCUT2D eigenvalue weighted by Crippen LogP contribution is -2.53. The molecule has 0 aliphatic rings. The maximum atomic E-state index is 14.5. The third-order valence-electron chi connectivity index (χ3n) is 7.58. The van der Waals surface area contributed by atoms with Gasteiger partial charge in [-0.2, -0.15) is 0 Å². The Bertz CT molecular complexity index is 1910. The molecule has 1 N–H and O–H groups in total. The number of nitrogens with one attached hydrogen (secondary N) is 1. The van der Waals surface area contributed by atoms with Crippen molar-refractivity contribution in [2.45, 2.75) is 30.8 Å². The first-order valence-electron chi connectivity index (χ1n) is 15.5. The number of likely N-dealkylation sites (N-methyl/N-ethyl adjacent to an activating group) is 1. The molecule has 0 bridgehead atoms. The third-order valence-corrected chi connectivity index (χ3v) is 9.86. The summed E-state index contributed by atoms with van der Waals surface area (Å²) in [6, 6.07) is 39.7. The van der Waals surface area contributed by atoms with Gasteiger partial charge in [0, 0.05) is 24.0 Å². The Hall–Kier alpha value is -4.93. The Morgan fingerprint density at radius 2 is 1.33 bits per heavy atom. The summed E-state index contributed by atoms with van der Waals surface area (Å²) in [5.74, 6) is 0.270. The predicted octanol–water partition coefficient (Wildman–Crippen LogP) is 7.21. The van der Waals surface area contributed by atoms with Crippen molar-refractivity contribution in [2.75, 3.05) is 17.4 Å². The van der Waals surface area contributed by atoms with Crippen LogP contribution in [0.2, 0.25) is 0 Å². The molecular weight excluding hydrogens is 690 g/mol. The van der Waals surface area contributed by atoms with Crippen molar-refractivity contribution in [3.63, 3.8) is 0 Å². The highest BCUT2D eigenvalue weighted by Gasteiger charge is 2.34. The van der Waals surface area contributed by atoms with E-state index >= 15 is 0 Å². The second-order valence-corrected chi connectivity index (χ2v) is 13.8. The van der Waals surface area contributed by atoms with Gasteiger partial charge >= 0.3 is 0 Å². The van der Waals surface area contributed by atoms with Gasteiger partial charge in [0.25, 0.3) is 10.0 Å². The summed E-state index contributed by atoms with van der Waals surface area (Å²) < 4.78 is 36.2. The third kappa shape index (κ3) is 8.90. The van der Waals surface area contributed by atoms with Crippen molar-refractivity contribution in [3.05, 3.63) is 155 Å². The van der Waals surface area contributed by atoms with Crippen LogP contribution < -0.4 is 14.4 Å². The molecular formula is C38H36BrN3O5S. The zero-order valence-electron chi connectivity index (χ0n) is 26.4. The molecule has 0 aromatic heterocycles. The molecule has 10 heteroatoms. The van der Waals surface area contributed by atoms with Gasteiger partial charge < -0.3 is 15.0 Å². The number of halogens is 1. The van der Waals surface area contributed by atoms with Crippen LogP contribution in [-0.4, -0.2) is 44.3 Å². The van der Waals surface area contributed by atoms with Crippen LogP contribution in [0.1, 0.15) is 18.1 Å². The summed E-state index contributed by atoms with van der Waals surface area (Å²) in [5, 5.41) is 2.88. The number of rotatable bonds is 14. The zero-order chi connectivity index (χ0) is 33.9. The van der Waals surface area contributed by atoms with Crippen LogP contribution in [0.3, 0.4) is 0 Å². The van der Waals surface area contributed by atoms with Gasteiger partial charge in [-0.25, -0.2) is 8.42 Å². The fraction of sp³-hybridized carbons (Fsp3) is 0.158. The molecule has 0 spiro atoms. The number of para-hydroxylation sites is 1. The van der Waals surface area contributed by atoms with E-state index in [1.165, 1.54) is 17.0 Å². The van der Waals surface area contributed by atoms with Crippen LogP contribution in [0.15, 0.2) is 149 Å². The van der Waals surface area contributed by atoms with Crippen LogP contribution in [0.25, 0.3) is 0 Å². The summed E-state index contributed by atoms with van der Waals surface area (Å²) in [6.07, 6.45) is 0.239. The largest absolute Gasteiger partial charge is 0.457 e. The monoisotopic (exact) mass is 725 g/mol. The van der Waals surface area contributed by atoms with E-state index in [9.17, 15) is 18.0 Å². The van der Waals surface area contributed by atoms with Gasteiger partial charge in [0.1, 0.15) is 24.1 Å². The number of ether oxygens (including phenoxy) is 1. The highest BCUT2D eigenvalue weighted by Crippen LogP contribution is 2.29. The fourth-order valence-electron chi connectivity index (χ4n) is 5.23. The number of hydrogen-bond donors (Lipinski definition) is 1. The molecule has 246 valence electrons. The second kappa shape index (κ2) is 16.3. The van der Waals surface area contributed by atoms with Crippen LogP contribution in [0, 0.1) is 0 Å². The number of amides is 2. The number of nitrogens with zero attached hydrogens (tertiary/aromatic N) is 2. The van der Waals surface area contributed by atoms with Gasteiger partial charge in [-0.05, 0) is 78.7 Å². The van der Waals surface area contributed by atoms with Gasteiger partial charge in [0.15, 0.2) is 0 Å². The van der Waals surface area contributed by atoms with Crippen molar-refractivity contribution < 1.29 is 22.7 Å². The quantitative estimate of drug-likeness (QED) is 0.131. The smallest absolute Gasteiger partial charge is 0.264 e. The van der Waals surface area contributed by atoms with E-state index in [2.05, 4.69) is 21.2 Å². The molecule has 0 fully saturated rings. The average molecular weight is 727 g/mol. The molecule has 1 atom stereocenters. The topological polar surface area (TPSA) is 96.0 Å². The van der Waals surface area contributed by atoms with Gasteiger partial charge in [0.2, 0.25) is 11.8 Å². The molecule has 5 aromatic rings. The zero-order valence-corrected chi connectivity index (χ0v) is 28.8. The van der Waals surface area contributed by atoms with E-state index < -0.39 is 28.5 Å². The summed E-state index contributed by atoms with van der Waals surface area (Å²) in [5.41, 5.74) is 1.91. The minimum absolute atomic E-state index is 0.0329. The van der Waals surface area contributed by atoms with E-state index in [1.54, 1.807) is 42.5 Å². The summed E-state index contributed by atoms with van der Waals surface area (Å²) in [6.45, 7) is 1.72. The normalized spacial score (nSPS) is 11.7. The van der Waals surface area contributed by atoms with Crippen LogP contribution in [0.4, 0.5) is 5.69 Å². The second-order valence-electron chi connectivity index (χ2n) is 11.0. The number of hydrogen-bond acceptors (Lipinski definition) is 5. The van der Waals surface area contributed by atoms with Crippen molar-refractivity contribution in [1.82, 2.24) is 10.2 Å². The maximum absolute atomic E-state index is 14.5. The highest BCUT2D eigenvalue weighted by atomic mass is 79.9. The van der Waals surface area contributed by atoms with Crippen molar-refractivity contribution >= 4 is 43.5 Å². The van der Waals surface area contributed by atoms with Crippen LogP contribution >= 0.6 is 15.9 Å². The van der Waals surface area contributed by atoms with Crippen LogP contribution in [-0.2, 0) is 32.6 Å². The Morgan fingerprint density at radius 1 is 0.750 bits per heavy atom. The molecule has 0 aliphatic heterocycles. The molecule has 0 saturated carbocycles. The van der Waals surface area contributed by atoms with Gasteiger partial charge in [-0.3, -0.25) is 13.9 Å². The van der Waals surface area contributed by atoms with E-state index in [0.29, 0.717) is 18.0 Å². The molecule has 5 aromatic carbocycles. The van der Waals surface area contributed by atoms with Crippen LogP contribution in [0.5, 0.6) is 11.5 Å². The Labute approximate surface area is 290 Å². The SMILES string of the molecule is CCNC(=O)[C@@H](Cc1ccccc1)N(Cc1cccc(Br)c1)C(=O)CN(c1ccc(Oc2ccccc2)cc1)S(=O)(=O)c1ccccc1. The first kappa shape index (κ1) is 34.4. The number of anilines is 1. The lowest BCUT2D eigenvalue weighted by molar-refractivity contribution is -0.140. The standard InChI is InChI=1S/C38H36BrN3O5S/c1-2-40-38(44)36(26-29-13-6-3-7-14-29)41(27-30-15-12-16-31(39)25-30)37(43)28-42(48(45,46)35-19-10-5-11-20-35)32-21-23-34(24-22-32)47-33-17-8-4-9-18-33/h3-25,36H,2,26-28H2,1H3,(H,40,44)/t36-/m1/s1. The minimum Gasteiger partial charge on any atom is -0.457 e. The summed E-state index contributed by atoms with van der Waals surface area (Å²) in [7, 11) is -4.21. The number of benzene rings is 5. The van der Waals surface area contributed by atoms with E-state index in [4.69, 9.17) is 4.74 Å². The molecule has 0 aliphatic carbocycles. The first-order valence-corrected chi connectivity index (χ1v) is 17.7. The predicted molar refractivity (Wildman–Crippen MR) is 191 cm³/mol. The Balaban J connectivity index is 1.54. The Morgan fingerprint density at radius 3 is 1.96 bits per heavy atom. The molecule has 5 rings (SSSR count). The number of carbonyl (C=O) groups is 2. The lowest BCUT2D eigenvalue weighted by atomic mass is 10.0. The van der Waals surface area contributed by atoms with E-state index in [-0.39, 0.29) is 29.5 Å². The molecule has 0 unspecified atom stereocenters. The maximum Gasteiger partial charge on any atom is 0.264 e. The van der Waals surface area contributed by atoms with E-state index in [1.807, 2.05) is 91.9 Å². The van der Waals surface area contributed by atoms with Crippen molar-refractivity contribution in [2.24, 2.45) is 0 Å². The van der Waals surface area contributed by atoms with Gasteiger partial charge in [-0.15, -0.1) is 0 Å². The van der Waals surface area contributed by atoms with Gasteiger partial charge in [0.05, 0.1) is 10.6 Å². The Kier molecular flexibility index (Phi) is 11.7. The molecule has 48 heavy (non-hydrogen) atoms. The average Bonchev–Trinajstić information content (AvgIpc) is 3.10. The van der Waals surface area contributed by atoms with Gasteiger partial charge in [-0.1, -0.05) is 94.8 Å². The summed E-state index contributed by atoms with van der Waals surface area (Å²) >= 11 is 3.50. The lowest BCUT2D eigenvalue weighted by Gasteiger charge is -2.34.